The van der Waals surface area contributed by atoms with Crippen molar-refractivity contribution < 1.29 is 14.6 Å². The Kier molecular flexibility index (Phi) is 3.18. The number of hydrogen-bond acceptors (Lipinski definition) is 4. The Morgan fingerprint density at radius 1 is 1.33 bits per heavy atom. The molecule has 0 atom stereocenters. The molecule has 0 unspecified atom stereocenters. The summed E-state index contributed by atoms with van der Waals surface area (Å²) in [6.45, 7) is 0. The van der Waals surface area contributed by atoms with Gasteiger partial charge in [-0.15, -0.1) is 0 Å². The summed E-state index contributed by atoms with van der Waals surface area (Å²) in [7, 11) is 1.23. The van der Waals surface area contributed by atoms with Gasteiger partial charge in [-0.05, 0) is 11.6 Å². The van der Waals surface area contributed by atoms with Gasteiger partial charge in [-0.3, -0.25) is 4.98 Å². The lowest BCUT2D eigenvalue weighted by molar-refractivity contribution is 0.0593. The molecule has 1 aromatic heterocycles. The third kappa shape index (κ3) is 2.27. The van der Waals surface area contributed by atoms with Crippen LogP contribution in [0.15, 0.2) is 29.1 Å². The number of nitrogens with one attached hydrogen (secondary N) is 2. The molecule has 6 heteroatoms. The highest BCUT2D eigenvalue weighted by Gasteiger charge is 2.16. The molecule has 2 aromatic rings. The number of aromatic amines is 2. The Morgan fingerprint density at radius 2 is 2.06 bits per heavy atom. The van der Waals surface area contributed by atoms with E-state index < -0.39 is 11.7 Å². The van der Waals surface area contributed by atoms with Crippen LogP contribution < -0.4 is 5.69 Å². The Bertz CT molecular complexity index is 627. The third-order valence-electron chi connectivity index (χ3n) is 2.55. The summed E-state index contributed by atoms with van der Waals surface area (Å²) in [5.74, 6) is -0.519. The molecule has 0 aliphatic rings. The Labute approximate surface area is 102 Å². The standard InChI is InChI=1S/C12H12N2O4/c1-18-11(16)10-8(13-12(17)14-10)6-7-4-2-3-5-9(7)15/h2-5,15H,6H2,1H3,(H2,13,14,17). The number of H-pyrrole nitrogens is 2. The van der Waals surface area contributed by atoms with E-state index in [0.29, 0.717) is 11.3 Å². The Morgan fingerprint density at radius 3 is 2.72 bits per heavy atom. The van der Waals surface area contributed by atoms with E-state index in [9.17, 15) is 14.7 Å². The Balaban J connectivity index is 2.38. The number of ether oxygens (including phenoxy) is 1. The summed E-state index contributed by atoms with van der Waals surface area (Å²) in [5.41, 5.74) is 0.581. The number of carbonyl (C=O) groups is 1. The molecule has 0 aliphatic heterocycles. The van der Waals surface area contributed by atoms with Crippen molar-refractivity contribution in [3.63, 3.8) is 0 Å². The third-order valence-corrected chi connectivity index (χ3v) is 2.55. The van der Waals surface area contributed by atoms with Crippen LogP contribution in [0.1, 0.15) is 21.7 Å². The molecule has 2 rings (SSSR count). The van der Waals surface area contributed by atoms with Crippen LogP contribution >= 0.6 is 0 Å². The van der Waals surface area contributed by atoms with Gasteiger partial charge in [0, 0.05) is 6.42 Å². The van der Waals surface area contributed by atoms with E-state index in [4.69, 9.17) is 0 Å². The molecule has 0 amide bonds. The van der Waals surface area contributed by atoms with Crippen molar-refractivity contribution in [3.8, 4) is 5.75 Å². The maximum absolute atomic E-state index is 11.4. The van der Waals surface area contributed by atoms with E-state index in [1.807, 2.05) is 0 Å². The maximum Gasteiger partial charge on any atom is 0.356 e. The molecular formula is C12H12N2O4. The zero-order valence-corrected chi connectivity index (χ0v) is 9.69. The molecule has 1 aromatic carbocycles. The second kappa shape index (κ2) is 4.79. The van der Waals surface area contributed by atoms with Crippen LogP contribution in [0.4, 0.5) is 0 Å². The highest BCUT2D eigenvalue weighted by molar-refractivity contribution is 5.88. The summed E-state index contributed by atoms with van der Waals surface area (Å²) in [5, 5.41) is 9.65. The largest absolute Gasteiger partial charge is 0.508 e. The number of esters is 1. The molecule has 0 radical (unpaired) electrons. The number of carbonyl (C=O) groups excluding carboxylic acids is 1. The monoisotopic (exact) mass is 248 g/mol. The van der Waals surface area contributed by atoms with Crippen molar-refractivity contribution in [1.29, 1.82) is 0 Å². The number of benzene rings is 1. The number of phenolic OH excluding ortho intramolecular Hbond substituents is 1. The molecule has 0 saturated carbocycles. The van der Waals surface area contributed by atoms with Crippen LogP contribution in [0.5, 0.6) is 5.75 Å². The number of aromatic hydroxyl groups is 1. The predicted octanol–water partition coefficient (Wildman–Crippen LogP) is 0.786. The number of phenols is 1. The van der Waals surface area contributed by atoms with Crippen LogP contribution in [0.3, 0.4) is 0 Å². The molecule has 94 valence electrons. The summed E-state index contributed by atoms with van der Waals surface area (Å²) >= 11 is 0. The first kappa shape index (κ1) is 12.0. The fourth-order valence-corrected chi connectivity index (χ4v) is 1.68. The van der Waals surface area contributed by atoms with Gasteiger partial charge in [0.15, 0.2) is 0 Å². The molecule has 0 aliphatic carbocycles. The normalized spacial score (nSPS) is 10.3. The molecule has 18 heavy (non-hydrogen) atoms. The van der Waals surface area contributed by atoms with Crippen LogP contribution in [0.2, 0.25) is 0 Å². The van der Waals surface area contributed by atoms with Crippen molar-refractivity contribution >= 4 is 5.97 Å². The van der Waals surface area contributed by atoms with Gasteiger partial charge < -0.3 is 14.8 Å². The fourth-order valence-electron chi connectivity index (χ4n) is 1.68. The SMILES string of the molecule is COC(=O)c1[nH]c(=O)[nH]c1Cc1ccccc1O. The Hall–Kier alpha value is -2.50. The van der Waals surface area contributed by atoms with E-state index >= 15 is 0 Å². The van der Waals surface area contributed by atoms with E-state index in [1.165, 1.54) is 13.2 Å². The highest BCUT2D eigenvalue weighted by Crippen LogP contribution is 2.19. The average molecular weight is 248 g/mol. The molecule has 0 saturated heterocycles. The van der Waals surface area contributed by atoms with Gasteiger partial charge in [0.2, 0.25) is 0 Å². The summed E-state index contributed by atoms with van der Waals surface area (Å²) in [6.07, 6.45) is 0.232. The maximum atomic E-state index is 11.4. The van der Waals surface area contributed by atoms with Crippen LogP contribution in [0, 0.1) is 0 Å². The van der Waals surface area contributed by atoms with Crippen molar-refractivity contribution in [3.05, 3.63) is 51.7 Å². The molecule has 3 N–H and O–H groups in total. The van der Waals surface area contributed by atoms with Gasteiger partial charge in [-0.25, -0.2) is 9.59 Å². The van der Waals surface area contributed by atoms with E-state index in [2.05, 4.69) is 14.7 Å². The quantitative estimate of drug-likeness (QED) is 0.700. The number of para-hydroxylation sites is 1. The van der Waals surface area contributed by atoms with Crippen molar-refractivity contribution in [2.24, 2.45) is 0 Å². The minimum absolute atomic E-state index is 0.0748. The van der Waals surface area contributed by atoms with E-state index in [1.54, 1.807) is 18.2 Å². The van der Waals surface area contributed by atoms with Gasteiger partial charge in [0.25, 0.3) is 0 Å². The van der Waals surface area contributed by atoms with Gasteiger partial charge in [0.1, 0.15) is 11.4 Å². The van der Waals surface area contributed by atoms with Crippen LogP contribution in [-0.2, 0) is 11.2 Å². The molecule has 0 spiro atoms. The van der Waals surface area contributed by atoms with Gasteiger partial charge in [-0.1, -0.05) is 18.2 Å². The fraction of sp³-hybridized carbons (Fsp3) is 0.167. The molecule has 0 bridgehead atoms. The second-order valence-corrected chi connectivity index (χ2v) is 3.73. The lowest BCUT2D eigenvalue weighted by atomic mass is 10.1. The second-order valence-electron chi connectivity index (χ2n) is 3.73. The van der Waals surface area contributed by atoms with E-state index in [0.717, 1.165) is 0 Å². The molecule has 0 fully saturated rings. The number of hydrogen-bond donors (Lipinski definition) is 3. The minimum atomic E-state index is -0.626. The van der Waals surface area contributed by atoms with Crippen LogP contribution in [0.25, 0.3) is 0 Å². The summed E-state index contributed by atoms with van der Waals surface area (Å²) < 4.78 is 4.57. The topological polar surface area (TPSA) is 95.2 Å². The highest BCUT2D eigenvalue weighted by atomic mass is 16.5. The average Bonchev–Trinajstić information content (AvgIpc) is 2.72. The summed E-state index contributed by atoms with van der Waals surface area (Å²) in [4.78, 5) is 27.6. The van der Waals surface area contributed by atoms with Crippen molar-refractivity contribution in [1.82, 2.24) is 9.97 Å². The van der Waals surface area contributed by atoms with Gasteiger partial charge in [-0.2, -0.15) is 0 Å². The van der Waals surface area contributed by atoms with Gasteiger partial charge in [0.05, 0.1) is 12.8 Å². The van der Waals surface area contributed by atoms with Gasteiger partial charge >= 0.3 is 11.7 Å². The van der Waals surface area contributed by atoms with Crippen LogP contribution in [-0.4, -0.2) is 28.2 Å². The molecule has 6 nitrogen and oxygen atoms in total. The zero-order chi connectivity index (χ0) is 13.1. The lowest BCUT2D eigenvalue weighted by Crippen LogP contribution is -2.07. The van der Waals surface area contributed by atoms with E-state index in [-0.39, 0.29) is 17.9 Å². The number of rotatable bonds is 3. The van der Waals surface area contributed by atoms with Crippen molar-refractivity contribution in [2.45, 2.75) is 6.42 Å². The molecular weight excluding hydrogens is 236 g/mol. The molecule has 1 heterocycles. The first-order valence-corrected chi connectivity index (χ1v) is 5.28. The first-order chi connectivity index (χ1) is 8.61. The first-order valence-electron chi connectivity index (χ1n) is 5.28. The lowest BCUT2D eigenvalue weighted by Gasteiger charge is -2.04. The number of imidazole rings is 1. The zero-order valence-electron chi connectivity index (χ0n) is 9.69. The predicted molar refractivity (Wildman–Crippen MR) is 63.7 cm³/mol. The number of aromatic nitrogens is 2. The number of methoxy groups -OCH3 is 1. The van der Waals surface area contributed by atoms with Crippen molar-refractivity contribution in [2.75, 3.05) is 7.11 Å². The summed E-state index contributed by atoms with van der Waals surface area (Å²) in [6, 6.07) is 6.71. The minimum Gasteiger partial charge on any atom is -0.508 e. The smallest absolute Gasteiger partial charge is 0.356 e.